The van der Waals surface area contributed by atoms with Crippen LogP contribution in [0.4, 0.5) is 0 Å². The molecule has 1 N–H and O–H groups in total. The van der Waals surface area contributed by atoms with Crippen molar-refractivity contribution >= 4 is 21.7 Å². The van der Waals surface area contributed by atoms with E-state index < -0.39 is 15.7 Å². The SMILES string of the molecule is CCN(C(=O)CNC(=O)c1ccc(OC)c(OC)c1)C1CCS(=O)(=O)C1. The minimum Gasteiger partial charge on any atom is -0.493 e. The summed E-state index contributed by atoms with van der Waals surface area (Å²) in [4.78, 5) is 26.2. The Morgan fingerprint density at radius 2 is 1.92 bits per heavy atom. The second-order valence-corrected chi connectivity index (χ2v) is 8.22. The number of sulfone groups is 1. The van der Waals surface area contributed by atoms with Crippen LogP contribution in [-0.4, -0.2) is 70.0 Å². The summed E-state index contributed by atoms with van der Waals surface area (Å²) in [5, 5.41) is 2.57. The minimum atomic E-state index is -3.08. The Labute approximate surface area is 153 Å². The number of ether oxygens (including phenoxy) is 2. The lowest BCUT2D eigenvalue weighted by atomic mass is 10.2. The number of carbonyl (C=O) groups is 2. The van der Waals surface area contributed by atoms with Crippen molar-refractivity contribution in [3.05, 3.63) is 23.8 Å². The summed E-state index contributed by atoms with van der Waals surface area (Å²) < 4.78 is 33.5. The molecule has 9 heteroatoms. The number of rotatable bonds is 7. The first-order chi connectivity index (χ1) is 12.3. The van der Waals surface area contributed by atoms with E-state index in [1.807, 2.05) is 0 Å². The second kappa shape index (κ2) is 8.39. The lowest BCUT2D eigenvalue weighted by molar-refractivity contribution is -0.131. The van der Waals surface area contributed by atoms with Crippen LogP contribution in [0.2, 0.25) is 0 Å². The number of hydrogen-bond donors (Lipinski definition) is 1. The van der Waals surface area contributed by atoms with Gasteiger partial charge in [0, 0.05) is 18.2 Å². The summed E-state index contributed by atoms with van der Waals surface area (Å²) in [5.74, 6) is 0.269. The molecule has 1 atom stereocenters. The first-order valence-corrected chi connectivity index (χ1v) is 10.1. The highest BCUT2D eigenvalue weighted by Crippen LogP contribution is 2.27. The number of hydrogen-bond acceptors (Lipinski definition) is 6. The number of benzene rings is 1. The van der Waals surface area contributed by atoms with Gasteiger partial charge in [-0.05, 0) is 31.5 Å². The largest absolute Gasteiger partial charge is 0.493 e. The van der Waals surface area contributed by atoms with Gasteiger partial charge in [0.2, 0.25) is 5.91 Å². The zero-order valence-electron chi connectivity index (χ0n) is 15.1. The molecule has 0 radical (unpaired) electrons. The molecule has 1 aromatic rings. The van der Waals surface area contributed by atoms with Crippen LogP contribution in [0.3, 0.4) is 0 Å². The molecule has 8 nitrogen and oxygen atoms in total. The Bertz CT molecular complexity index is 777. The maximum atomic E-state index is 12.4. The van der Waals surface area contributed by atoms with Gasteiger partial charge in [-0.1, -0.05) is 0 Å². The second-order valence-electron chi connectivity index (χ2n) is 5.99. The smallest absolute Gasteiger partial charge is 0.251 e. The normalized spacial score (nSPS) is 18.2. The van der Waals surface area contributed by atoms with Crippen LogP contribution >= 0.6 is 0 Å². The van der Waals surface area contributed by atoms with Crippen LogP contribution in [-0.2, 0) is 14.6 Å². The molecule has 1 aliphatic heterocycles. The van der Waals surface area contributed by atoms with E-state index in [1.165, 1.54) is 25.2 Å². The first-order valence-electron chi connectivity index (χ1n) is 8.31. The Morgan fingerprint density at radius 3 is 2.46 bits per heavy atom. The molecule has 1 saturated heterocycles. The summed E-state index contributed by atoms with van der Waals surface area (Å²) >= 11 is 0. The van der Waals surface area contributed by atoms with Crippen molar-refractivity contribution < 1.29 is 27.5 Å². The number of likely N-dealkylation sites (N-methyl/N-ethyl adjacent to an activating group) is 1. The molecule has 1 aromatic carbocycles. The van der Waals surface area contributed by atoms with Gasteiger partial charge in [-0.2, -0.15) is 0 Å². The summed E-state index contributed by atoms with van der Waals surface area (Å²) in [6, 6.07) is 4.38. The van der Waals surface area contributed by atoms with Gasteiger partial charge in [0.15, 0.2) is 21.3 Å². The topological polar surface area (TPSA) is 102 Å². The van der Waals surface area contributed by atoms with E-state index in [2.05, 4.69) is 5.32 Å². The summed E-state index contributed by atoms with van der Waals surface area (Å²) in [6.07, 6.45) is 0.436. The van der Waals surface area contributed by atoms with Crippen molar-refractivity contribution in [1.29, 1.82) is 0 Å². The molecule has 2 amide bonds. The fourth-order valence-electron chi connectivity index (χ4n) is 3.00. The zero-order chi connectivity index (χ0) is 19.3. The highest BCUT2D eigenvalue weighted by Gasteiger charge is 2.33. The van der Waals surface area contributed by atoms with Gasteiger partial charge in [0.05, 0.1) is 32.3 Å². The number of methoxy groups -OCH3 is 2. The monoisotopic (exact) mass is 384 g/mol. The van der Waals surface area contributed by atoms with E-state index >= 15 is 0 Å². The van der Waals surface area contributed by atoms with Crippen LogP contribution in [0.25, 0.3) is 0 Å². The number of nitrogens with one attached hydrogen (secondary N) is 1. The van der Waals surface area contributed by atoms with Gasteiger partial charge in [-0.15, -0.1) is 0 Å². The Balaban J connectivity index is 1.98. The molecular weight excluding hydrogens is 360 g/mol. The maximum Gasteiger partial charge on any atom is 0.251 e. The molecular formula is C17H24N2O6S. The van der Waals surface area contributed by atoms with E-state index in [-0.39, 0.29) is 30.0 Å². The molecule has 1 fully saturated rings. The Hall–Kier alpha value is -2.29. The fraction of sp³-hybridized carbons (Fsp3) is 0.529. The maximum absolute atomic E-state index is 12.4. The predicted molar refractivity (Wildman–Crippen MR) is 96.3 cm³/mol. The number of amides is 2. The van der Waals surface area contributed by atoms with Crippen molar-refractivity contribution in [2.24, 2.45) is 0 Å². The van der Waals surface area contributed by atoms with Crippen LogP contribution in [0.1, 0.15) is 23.7 Å². The molecule has 1 heterocycles. The number of carbonyl (C=O) groups excluding carboxylic acids is 2. The molecule has 0 aliphatic carbocycles. The lowest BCUT2D eigenvalue weighted by Crippen LogP contribution is -2.46. The molecule has 1 unspecified atom stereocenters. The van der Waals surface area contributed by atoms with Crippen LogP contribution in [0, 0.1) is 0 Å². The highest BCUT2D eigenvalue weighted by atomic mass is 32.2. The average Bonchev–Trinajstić information content (AvgIpc) is 2.99. The van der Waals surface area contributed by atoms with Crippen LogP contribution < -0.4 is 14.8 Å². The molecule has 26 heavy (non-hydrogen) atoms. The predicted octanol–water partition coefficient (Wildman–Crippen LogP) is 0.469. The molecule has 2 rings (SSSR count). The Kier molecular flexibility index (Phi) is 6.47. The van der Waals surface area contributed by atoms with E-state index in [0.29, 0.717) is 30.0 Å². The summed E-state index contributed by atoms with van der Waals surface area (Å²) in [5.41, 5.74) is 0.335. The molecule has 0 bridgehead atoms. The van der Waals surface area contributed by atoms with Crippen LogP contribution in [0.5, 0.6) is 11.5 Å². The van der Waals surface area contributed by atoms with Crippen molar-refractivity contribution in [2.45, 2.75) is 19.4 Å². The molecule has 0 aromatic heterocycles. The van der Waals surface area contributed by atoms with Gasteiger partial charge >= 0.3 is 0 Å². The zero-order valence-corrected chi connectivity index (χ0v) is 16.0. The van der Waals surface area contributed by atoms with E-state index in [9.17, 15) is 18.0 Å². The van der Waals surface area contributed by atoms with Crippen molar-refractivity contribution in [3.8, 4) is 11.5 Å². The van der Waals surface area contributed by atoms with Gasteiger partial charge in [-0.3, -0.25) is 9.59 Å². The van der Waals surface area contributed by atoms with E-state index in [0.717, 1.165) is 0 Å². The lowest BCUT2D eigenvalue weighted by Gasteiger charge is -2.27. The molecule has 144 valence electrons. The third-order valence-electron chi connectivity index (χ3n) is 4.36. The average molecular weight is 384 g/mol. The van der Waals surface area contributed by atoms with Gasteiger partial charge < -0.3 is 19.7 Å². The van der Waals surface area contributed by atoms with Crippen molar-refractivity contribution in [3.63, 3.8) is 0 Å². The van der Waals surface area contributed by atoms with Gasteiger partial charge in [-0.25, -0.2) is 8.42 Å². The van der Waals surface area contributed by atoms with Gasteiger partial charge in [0.1, 0.15) is 0 Å². The molecule has 0 spiro atoms. The van der Waals surface area contributed by atoms with Crippen molar-refractivity contribution in [2.75, 3.05) is 38.8 Å². The fourth-order valence-corrected chi connectivity index (χ4v) is 4.73. The Morgan fingerprint density at radius 1 is 1.23 bits per heavy atom. The standard InChI is InChI=1S/C17H24N2O6S/c1-4-19(13-7-8-26(22,23)11-13)16(20)10-18-17(21)12-5-6-14(24-2)15(9-12)25-3/h5-6,9,13H,4,7-8,10-11H2,1-3H3,(H,18,21). The summed E-state index contributed by atoms with van der Waals surface area (Å²) in [7, 11) is -0.111. The van der Waals surface area contributed by atoms with Gasteiger partial charge in [0.25, 0.3) is 5.91 Å². The van der Waals surface area contributed by atoms with Crippen molar-refractivity contribution in [1.82, 2.24) is 10.2 Å². The molecule has 1 aliphatic rings. The van der Waals surface area contributed by atoms with E-state index in [1.54, 1.807) is 19.1 Å². The van der Waals surface area contributed by atoms with E-state index in [4.69, 9.17) is 9.47 Å². The van der Waals surface area contributed by atoms with Crippen LogP contribution in [0.15, 0.2) is 18.2 Å². The third kappa shape index (κ3) is 4.66. The highest BCUT2D eigenvalue weighted by molar-refractivity contribution is 7.91. The minimum absolute atomic E-state index is 0.0177. The molecule has 0 saturated carbocycles. The summed E-state index contributed by atoms with van der Waals surface area (Å²) in [6.45, 7) is 1.99. The third-order valence-corrected chi connectivity index (χ3v) is 6.11. The number of nitrogens with zero attached hydrogens (tertiary/aromatic N) is 1. The quantitative estimate of drug-likeness (QED) is 0.733. The first kappa shape index (κ1) is 20.0.